The van der Waals surface area contributed by atoms with Gasteiger partial charge in [0.1, 0.15) is 0 Å². The van der Waals surface area contributed by atoms with Crippen LogP contribution in [-0.4, -0.2) is 38.0 Å². The van der Waals surface area contributed by atoms with E-state index in [1.165, 1.54) is 12.1 Å². The molecule has 1 unspecified atom stereocenters. The number of rotatable bonds is 6. The molecule has 0 spiro atoms. The maximum Gasteiger partial charge on any atom is 0.335 e. The van der Waals surface area contributed by atoms with Crippen LogP contribution in [-0.2, 0) is 21.3 Å². The first-order chi connectivity index (χ1) is 9.46. The molecule has 1 heterocycles. The molecular weight excluding hydrogens is 282 g/mol. The van der Waals surface area contributed by atoms with Gasteiger partial charge in [-0.05, 0) is 30.5 Å². The predicted molar refractivity (Wildman–Crippen MR) is 73.0 cm³/mol. The second-order valence-corrected chi connectivity index (χ2v) is 6.59. The van der Waals surface area contributed by atoms with Crippen LogP contribution < -0.4 is 4.72 Å². The van der Waals surface area contributed by atoms with E-state index in [4.69, 9.17) is 9.84 Å². The maximum absolute atomic E-state index is 11.8. The monoisotopic (exact) mass is 299 g/mol. The summed E-state index contributed by atoms with van der Waals surface area (Å²) in [4.78, 5) is 10.7. The lowest BCUT2D eigenvalue weighted by Gasteiger charge is -2.11. The van der Waals surface area contributed by atoms with E-state index >= 15 is 0 Å². The Morgan fingerprint density at radius 1 is 1.35 bits per heavy atom. The molecule has 0 radical (unpaired) electrons. The number of sulfonamides is 1. The standard InChI is InChI=1S/C13H17NO5S/c15-13(16)11-5-3-10(4-6-11)8-14-20(17,18)9-12-2-1-7-19-12/h3-6,12,14H,1-2,7-9H2,(H,15,16). The average Bonchev–Trinajstić information content (AvgIpc) is 2.89. The number of ether oxygens (including phenoxy) is 1. The molecule has 6 nitrogen and oxygen atoms in total. The van der Waals surface area contributed by atoms with Crippen molar-refractivity contribution in [2.45, 2.75) is 25.5 Å². The van der Waals surface area contributed by atoms with Crippen molar-refractivity contribution in [1.82, 2.24) is 4.72 Å². The summed E-state index contributed by atoms with van der Waals surface area (Å²) in [5, 5.41) is 8.77. The highest BCUT2D eigenvalue weighted by Gasteiger charge is 2.22. The third-order valence-corrected chi connectivity index (χ3v) is 4.52. The molecular formula is C13H17NO5S. The summed E-state index contributed by atoms with van der Waals surface area (Å²) in [5.74, 6) is -1.03. The van der Waals surface area contributed by atoms with E-state index in [1.807, 2.05) is 0 Å². The molecule has 0 aliphatic carbocycles. The molecule has 0 aromatic heterocycles. The molecule has 7 heteroatoms. The minimum absolute atomic E-state index is 0.0276. The van der Waals surface area contributed by atoms with Gasteiger partial charge in [-0.3, -0.25) is 0 Å². The van der Waals surface area contributed by atoms with Gasteiger partial charge >= 0.3 is 5.97 Å². The molecule has 0 amide bonds. The second kappa shape index (κ2) is 6.34. The molecule has 1 aliphatic heterocycles. The highest BCUT2D eigenvalue weighted by Crippen LogP contribution is 2.13. The van der Waals surface area contributed by atoms with Crippen LogP contribution in [0.5, 0.6) is 0 Å². The third-order valence-electron chi connectivity index (χ3n) is 3.13. The Morgan fingerprint density at radius 3 is 2.60 bits per heavy atom. The number of hydrogen-bond donors (Lipinski definition) is 2. The van der Waals surface area contributed by atoms with Crippen LogP contribution >= 0.6 is 0 Å². The van der Waals surface area contributed by atoms with Crippen molar-refractivity contribution >= 4 is 16.0 Å². The van der Waals surface area contributed by atoms with Crippen LogP contribution in [0.2, 0.25) is 0 Å². The fourth-order valence-electron chi connectivity index (χ4n) is 2.04. The lowest BCUT2D eigenvalue weighted by Crippen LogP contribution is -2.31. The lowest BCUT2D eigenvalue weighted by atomic mass is 10.1. The van der Waals surface area contributed by atoms with E-state index in [0.717, 1.165) is 12.8 Å². The summed E-state index contributed by atoms with van der Waals surface area (Å²) in [6, 6.07) is 6.09. The highest BCUT2D eigenvalue weighted by molar-refractivity contribution is 7.89. The summed E-state index contributed by atoms with van der Waals surface area (Å²) in [6.07, 6.45) is 1.45. The van der Waals surface area contributed by atoms with Gasteiger partial charge in [-0.2, -0.15) is 0 Å². The lowest BCUT2D eigenvalue weighted by molar-refractivity contribution is 0.0697. The van der Waals surface area contributed by atoms with Gasteiger partial charge in [0.15, 0.2) is 0 Å². The minimum atomic E-state index is -3.38. The molecule has 20 heavy (non-hydrogen) atoms. The zero-order valence-corrected chi connectivity index (χ0v) is 11.7. The Bertz CT molecular complexity index is 561. The third kappa shape index (κ3) is 4.29. The largest absolute Gasteiger partial charge is 0.478 e. The number of carboxylic acid groups (broad SMARTS) is 1. The van der Waals surface area contributed by atoms with Gasteiger partial charge < -0.3 is 9.84 Å². The molecule has 1 aromatic carbocycles. The summed E-state index contributed by atoms with van der Waals surface area (Å²) >= 11 is 0. The number of carbonyl (C=O) groups is 1. The van der Waals surface area contributed by atoms with E-state index in [0.29, 0.717) is 12.2 Å². The van der Waals surface area contributed by atoms with Crippen molar-refractivity contribution in [3.8, 4) is 0 Å². The number of benzene rings is 1. The Kier molecular flexibility index (Phi) is 4.74. The highest BCUT2D eigenvalue weighted by atomic mass is 32.2. The van der Waals surface area contributed by atoms with Gasteiger partial charge in [0.25, 0.3) is 0 Å². The normalized spacial score (nSPS) is 19.1. The summed E-state index contributed by atoms with van der Waals surface area (Å²) < 4.78 is 31.5. The molecule has 110 valence electrons. The van der Waals surface area contributed by atoms with Crippen LogP contribution in [0, 0.1) is 0 Å². The van der Waals surface area contributed by atoms with Gasteiger partial charge in [-0.15, -0.1) is 0 Å². The first-order valence-electron chi connectivity index (χ1n) is 6.37. The number of nitrogens with one attached hydrogen (secondary N) is 1. The Balaban J connectivity index is 1.88. The van der Waals surface area contributed by atoms with Gasteiger partial charge in [0, 0.05) is 13.2 Å². The van der Waals surface area contributed by atoms with Crippen molar-refractivity contribution in [2.75, 3.05) is 12.4 Å². The zero-order chi connectivity index (χ0) is 14.6. The van der Waals surface area contributed by atoms with Gasteiger partial charge in [-0.1, -0.05) is 12.1 Å². The molecule has 0 saturated carbocycles. The van der Waals surface area contributed by atoms with Crippen LogP contribution in [0.25, 0.3) is 0 Å². The van der Waals surface area contributed by atoms with E-state index in [-0.39, 0.29) is 24.0 Å². The number of hydrogen-bond acceptors (Lipinski definition) is 4. The quantitative estimate of drug-likeness (QED) is 0.817. The molecule has 1 aliphatic rings. The topological polar surface area (TPSA) is 92.7 Å². The van der Waals surface area contributed by atoms with Crippen molar-refractivity contribution in [3.05, 3.63) is 35.4 Å². The fourth-order valence-corrected chi connectivity index (χ4v) is 3.29. The van der Waals surface area contributed by atoms with Crippen LogP contribution in [0.3, 0.4) is 0 Å². The van der Waals surface area contributed by atoms with E-state index in [1.54, 1.807) is 12.1 Å². The molecule has 1 fully saturated rings. The first kappa shape index (κ1) is 15.0. The van der Waals surface area contributed by atoms with Crippen molar-refractivity contribution in [1.29, 1.82) is 0 Å². The Morgan fingerprint density at radius 2 is 2.05 bits per heavy atom. The van der Waals surface area contributed by atoms with Gasteiger partial charge in [0.2, 0.25) is 10.0 Å². The predicted octanol–water partition coefficient (Wildman–Crippen LogP) is 0.983. The van der Waals surface area contributed by atoms with E-state index in [9.17, 15) is 13.2 Å². The number of aromatic carboxylic acids is 1. The summed E-state index contributed by atoms with van der Waals surface area (Å²) in [7, 11) is -3.38. The van der Waals surface area contributed by atoms with E-state index < -0.39 is 16.0 Å². The Labute approximate surface area is 117 Å². The maximum atomic E-state index is 11.8. The first-order valence-corrected chi connectivity index (χ1v) is 8.03. The fraction of sp³-hybridized carbons (Fsp3) is 0.462. The van der Waals surface area contributed by atoms with Crippen LogP contribution in [0.4, 0.5) is 0 Å². The Hall–Kier alpha value is -1.44. The second-order valence-electron chi connectivity index (χ2n) is 4.74. The molecule has 2 N–H and O–H groups in total. The van der Waals surface area contributed by atoms with Gasteiger partial charge in [0.05, 0.1) is 17.4 Å². The van der Waals surface area contributed by atoms with E-state index in [2.05, 4.69) is 4.72 Å². The minimum Gasteiger partial charge on any atom is -0.478 e. The van der Waals surface area contributed by atoms with Crippen molar-refractivity contribution < 1.29 is 23.1 Å². The summed E-state index contributed by atoms with van der Waals surface area (Å²) in [6.45, 7) is 0.770. The molecule has 1 saturated heterocycles. The van der Waals surface area contributed by atoms with Crippen molar-refractivity contribution in [3.63, 3.8) is 0 Å². The SMILES string of the molecule is O=C(O)c1ccc(CNS(=O)(=O)CC2CCCO2)cc1. The van der Waals surface area contributed by atoms with Gasteiger partial charge in [-0.25, -0.2) is 17.9 Å². The van der Waals surface area contributed by atoms with Crippen LogP contribution in [0.15, 0.2) is 24.3 Å². The number of carboxylic acids is 1. The molecule has 1 aromatic rings. The zero-order valence-electron chi connectivity index (χ0n) is 10.9. The van der Waals surface area contributed by atoms with Crippen molar-refractivity contribution in [2.24, 2.45) is 0 Å². The summed E-state index contributed by atoms with van der Waals surface area (Å²) in [5.41, 5.74) is 0.891. The van der Waals surface area contributed by atoms with Crippen LogP contribution in [0.1, 0.15) is 28.8 Å². The molecule has 0 bridgehead atoms. The smallest absolute Gasteiger partial charge is 0.335 e. The molecule has 2 rings (SSSR count). The average molecular weight is 299 g/mol. The molecule has 1 atom stereocenters.